The van der Waals surface area contributed by atoms with Crippen LogP contribution in [0.4, 0.5) is 0 Å². The minimum Gasteiger partial charge on any atom is -0.395 e. The highest BCUT2D eigenvalue weighted by Gasteiger charge is 1.77. The van der Waals surface area contributed by atoms with Gasteiger partial charge >= 0.3 is 0 Å². The van der Waals surface area contributed by atoms with Crippen molar-refractivity contribution in [2.75, 3.05) is 0 Å². The maximum atomic E-state index is 8.07. The molecule has 0 aliphatic carbocycles. The van der Waals surface area contributed by atoms with Crippen LogP contribution >= 0.6 is 0 Å². The molecule has 1 N–H and O–H groups in total. The van der Waals surface area contributed by atoms with Crippen molar-refractivity contribution >= 4 is 0 Å². The molecule has 0 aromatic carbocycles. The van der Waals surface area contributed by atoms with Crippen molar-refractivity contribution in [2.24, 2.45) is 0 Å². The van der Waals surface area contributed by atoms with Crippen LogP contribution in [0.25, 0.3) is 0 Å². The lowest BCUT2D eigenvalue weighted by molar-refractivity contribution is 0.106. The molecule has 0 amide bonds. The van der Waals surface area contributed by atoms with Crippen LogP contribution in [0.1, 0.15) is 0 Å². The summed E-state index contributed by atoms with van der Waals surface area (Å²) >= 11 is 0. The van der Waals surface area contributed by atoms with Crippen molar-refractivity contribution in [1.29, 1.82) is 0 Å². The van der Waals surface area contributed by atoms with Crippen LogP contribution in [0.2, 0.25) is 0 Å². The summed E-state index contributed by atoms with van der Waals surface area (Å²) in [6.07, 6.45) is 2.03. The van der Waals surface area contributed by atoms with E-state index in [9.17, 15) is 0 Å². The maximum Gasteiger partial charge on any atom is 0.249 e. The van der Waals surface area contributed by atoms with Crippen LogP contribution in [0, 0.1) is 6.33 Å². The molecular formula is CHN4O. The Hall–Kier alpha value is -1.13. The third-order valence-corrected chi connectivity index (χ3v) is 0.304. The van der Waals surface area contributed by atoms with Crippen LogP contribution in [0.3, 0.4) is 0 Å². The summed E-state index contributed by atoms with van der Waals surface area (Å²) in [4.78, 5) is 0.333. The van der Waals surface area contributed by atoms with Gasteiger partial charge in [0.15, 0.2) is 0 Å². The highest BCUT2D eigenvalue weighted by Crippen LogP contribution is 1.53. The fourth-order valence-corrected chi connectivity index (χ4v) is 0.140. The summed E-state index contributed by atoms with van der Waals surface area (Å²) in [6.45, 7) is 0. The van der Waals surface area contributed by atoms with Crippen LogP contribution in [0.15, 0.2) is 0 Å². The average Bonchev–Trinajstić information content (AvgIpc) is 1.86. The number of aromatic nitrogens is 4. The van der Waals surface area contributed by atoms with Gasteiger partial charge in [-0.05, 0) is 5.21 Å². The van der Waals surface area contributed by atoms with Crippen LogP contribution in [-0.2, 0) is 0 Å². The molecule has 1 rings (SSSR count). The zero-order chi connectivity index (χ0) is 4.41. The number of rotatable bonds is 0. The SMILES string of the molecule is On1n[c]nn1. The first-order valence-electron chi connectivity index (χ1n) is 1.25. The van der Waals surface area contributed by atoms with Gasteiger partial charge in [-0.2, -0.15) is 0 Å². The molecule has 1 aromatic rings. The fourth-order valence-electron chi connectivity index (χ4n) is 0.140. The Morgan fingerprint density at radius 3 is 2.67 bits per heavy atom. The van der Waals surface area contributed by atoms with Gasteiger partial charge < -0.3 is 5.21 Å². The Labute approximate surface area is 33.2 Å². The Balaban J connectivity index is 3.05. The zero-order valence-corrected chi connectivity index (χ0v) is 2.74. The molecule has 0 saturated heterocycles. The number of tetrazole rings is 1. The molecule has 1 radical (unpaired) electrons. The predicted molar refractivity (Wildman–Crippen MR) is 13.8 cm³/mol. The van der Waals surface area contributed by atoms with Gasteiger partial charge in [0.1, 0.15) is 0 Å². The van der Waals surface area contributed by atoms with E-state index in [4.69, 9.17) is 5.21 Å². The first-order valence-corrected chi connectivity index (χ1v) is 1.25. The van der Waals surface area contributed by atoms with Gasteiger partial charge in [0, 0.05) is 4.96 Å². The number of hydrogen-bond acceptors (Lipinski definition) is 4. The van der Waals surface area contributed by atoms with Crippen molar-refractivity contribution in [3.05, 3.63) is 6.33 Å². The second-order valence-corrected chi connectivity index (χ2v) is 0.658. The smallest absolute Gasteiger partial charge is 0.249 e. The molecule has 0 aliphatic rings. The Morgan fingerprint density at radius 2 is 2.50 bits per heavy atom. The molecule has 1 aromatic heterocycles. The fraction of sp³-hybridized carbons (Fsp3) is 0. The van der Waals surface area contributed by atoms with Crippen molar-refractivity contribution in [3.63, 3.8) is 0 Å². The third-order valence-electron chi connectivity index (χ3n) is 0.304. The standard InChI is InChI=1S/CHN4O/c6-5-3-1-2-4-5/h6H. The molecule has 0 unspecified atom stereocenters. The lowest BCUT2D eigenvalue weighted by Gasteiger charge is -1.70. The van der Waals surface area contributed by atoms with Crippen LogP contribution in [-0.4, -0.2) is 25.6 Å². The highest BCUT2D eigenvalue weighted by atomic mass is 16.5. The molecule has 5 heteroatoms. The second-order valence-electron chi connectivity index (χ2n) is 0.658. The zero-order valence-electron chi connectivity index (χ0n) is 2.74. The van der Waals surface area contributed by atoms with E-state index < -0.39 is 0 Å². The van der Waals surface area contributed by atoms with E-state index in [1.807, 2.05) is 6.33 Å². The van der Waals surface area contributed by atoms with Crippen molar-refractivity contribution in [3.8, 4) is 0 Å². The topological polar surface area (TPSA) is 63.8 Å². The van der Waals surface area contributed by atoms with Crippen molar-refractivity contribution in [1.82, 2.24) is 20.4 Å². The monoisotopic (exact) mass is 85.0 g/mol. The lowest BCUT2D eigenvalue weighted by Crippen LogP contribution is -1.93. The number of hydrogen-bond donors (Lipinski definition) is 1. The van der Waals surface area contributed by atoms with E-state index >= 15 is 0 Å². The van der Waals surface area contributed by atoms with E-state index in [1.165, 1.54) is 0 Å². The van der Waals surface area contributed by atoms with Gasteiger partial charge in [0.05, 0.1) is 0 Å². The van der Waals surface area contributed by atoms with Gasteiger partial charge in [-0.15, -0.1) is 5.10 Å². The van der Waals surface area contributed by atoms with E-state index in [0.29, 0.717) is 4.96 Å². The van der Waals surface area contributed by atoms with Crippen molar-refractivity contribution in [2.45, 2.75) is 0 Å². The summed E-state index contributed by atoms with van der Waals surface area (Å²) in [7, 11) is 0. The van der Waals surface area contributed by atoms with Gasteiger partial charge in [-0.3, -0.25) is 0 Å². The van der Waals surface area contributed by atoms with Crippen molar-refractivity contribution < 1.29 is 5.21 Å². The highest BCUT2D eigenvalue weighted by molar-refractivity contribution is 4.22. The molecule has 0 bridgehead atoms. The quantitative estimate of drug-likeness (QED) is 0.398. The second kappa shape index (κ2) is 0.925. The minimum absolute atomic E-state index is 0.333. The Morgan fingerprint density at radius 1 is 1.67 bits per heavy atom. The lowest BCUT2D eigenvalue weighted by atomic mass is 11.4. The van der Waals surface area contributed by atoms with Gasteiger partial charge in [0.2, 0.25) is 6.33 Å². The molecule has 0 aliphatic heterocycles. The minimum atomic E-state index is 0.333. The Kier molecular flexibility index (Phi) is 0.474. The largest absolute Gasteiger partial charge is 0.395 e. The summed E-state index contributed by atoms with van der Waals surface area (Å²) in [5, 5.41) is 17.1. The van der Waals surface area contributed by atoms with Gasteiger partial charge in [-0.1, -0.05) is 5.10 Å². The molecule has 0 atom stereocenters. The van der Waals surface area contributed by atoms with Gasteiger partial charge in [-0.25, -0.2) is 0 Å². The summed E-state index contributed by atoms with van der Waals surface area (Å²) in [5.74, 6) is 0. The average molecular weight is 85.0 g/mol. The first-order chi connectivity index (χ1) is 2.89. The van der Waals surface area contributed by atoms with E-state index in [0.717, 1.165) is 0 Å². The molecule has 0 spiro atoms. The molecule has 0 saturated carbocycles. The van der Waals surface area contributed by atoms with Crippen LogP contribution < -0.4 is 0 Å². The maximum absolute atomic E-state index is 8.07. The normalized spacial score (nSPS) is 8.67. The predicted octanol–water partition coefficient (Wildman–Crippen LogP) is -1.29. The summed E-state index contributed by atoms with van der Waals surface area (Å²) < 4.78 is 0. The number of nitrogens with zero attached hydrogens (tertiary/aromatic N) is 4. The van der Waals surface area contributed by atoms with E-state index in [-0.39, 0.29) is 0 Å². The summed E-state index contributed by atoms with van der Waals surface area (Å²) in [5.41, 5.74) is 0. The molecular weight excluding hydrogens is 84.0 g/mol. The molecule has 0 fully saturated rings. The molecule has 6 heavy (non-hydrogen) atoms. The van der Waals surface area contributed by atoms with Crippen LogP contribution in [0.5, 0.6) is 0 Å². The third kappa shape index (κ3) is 0.291. The van der Waals surface area contributed by atoms with E-state index in [1.54, 1.807) is 0 Å². The molecule has 1 heterocycles. The van der Waals surface area contributed by atoms with E-state index in [2.05, 4.69) is 15.4 Å². The van der Waals surface area contributed by atoms with Gasteiger partial charge in [0.25, 0.3) is 0 Å². The Bertz CT molecular complexity index is 111. The first kappa shape index (κ1) is 3.08. The molecule has 5 nitrogen and oxygen atoms in total. The molecule has 31 valence electrons. The summed E-state index contributed by atoms with van der Waals surface area (Å²) in [6, 6.07) is 0.